The summed E-state index contributed by atoms with van der Waals surface area (Å²) in [6, 6.07) is 9.24. The van der Waals surface area contributed by atoms with E-state index in [1.54, 1.807) is 34.0 Å². The molecule has 1 unspecified atom stereocenters. The van der Waals surface area contributed by atoms with E-state index in [4.69, 9.17) is 14.9 Å². The fourth-order valence-corrected chi connectivity index (χ4v) is 4.87. The number of hydrogen-bond acceptors (Lipinski definition) is 7. The monoisotopic (exact) mass is 518 g/mol. The van der Waals surface area contributed by atoms with Crippen LogP contribution >= 0.6 is 0 Å². The standard InChI is InChI=1S/C29H34N4O5/c1-17-19-10-8-14-37-22(19)12-11-20(17)23-21(15-30)24(32-16-18-9-6-7-13-31-18)27(34)33(5)25(23)26(28(35)36)38-29(2,3)4/h6-7,9,11-13,15,26,30,32H,8,10,14,16H2,1-5H3,(H,35,36). The molecule has 1 aliphatic rings. The first-order valence-electron chi connectivity index (χ1n) is 12.6. The molecule has 1 aliphatic heterocycles. The highest BCUT2D eigenvalue weighted by Gasteiger charge is 2.35. The second kappa shape index (κ2) is 10.8. The number of benzene rings is 1. The average molecular weight is 519 g/mol. The Hall–Kier alpha value is -3.98. The number of hydrogen-bond donors (Lipinski definition) is 3. The van der Waals surface area contributed by atoms with Gasteiger partial charge in [-0.1, -0.05) is 12.1 Å². The first-order valence-corrected chi connectivity index (χ1v) is 12.6. The van der Waals surface area contributed by atoms with Crippen molar-refractivity contribution in [2.24, 2.45) is 7.05 Å². The third-order valence-electron chi connectivity index (χ3n) is 6.59. The Labute approximate surface area is 222 Å². The molecule has 3 heterocycles. The molecule has 0 fully saturated rings. The minimum absolute atomic E-state index is 0.180. The number of carboxylic acids is 1. The number of nitrogens with zero attached hydrogens (tertiary/aromatic N) is 2. The quantitative estimate of drug-likeness (QED) is 0.371. The van der Waals surface area contributed by atoms with Crippen molar-refractivity contribution in [3.8, 4) is 16.9 Å². The van der Waals surface area contributed by atoms with E-state index in [9.17, 15) is 14.7 Å². The number of aliphatic carboxylic acids is 1. The van der Waals surface area contributed by atoms with Gasteiger partial charge < -0.3 is 29.9 Å². The number of carboxylic acid groups (broad SMARTS) is 1. The summed E-state index contributed by atoms with van der Waals surface area (Å²) in [6.45, 7) is 8.17. The zero-order chi connectivity index (χ0) is 27.6. The first kappa shape index (κ1) is 27.1. The molecule has 0 saturated carbocycles. The maximum atomic E-state index is 13.7. The Morgan fingerprint density at radius 1 is 1.32 bits per heavy atom. The van der Waals surface area contributed by atoms with E-state index >= 15 is 0 Å². The Kier molecular flexibility index (Phi) is 7.68. The van der Waals surface area contributed by atoms with Gasteiger partial charge in [-0.05, 0) is 75.4 Å². The predicted molar refractivity (Wildman–Crippen MR) is 146 cm³/mol. The van der Waals surface area contributed by atoms with Gasteiger partial charge in [0.1, 0.15) is 11.4 Å². The predicted octanol–water partition coefficient (Wildman–Crippen LogP) is 4.63. The van der Waals surface area contributed by atoms with Crippen LogP contribution in [0.25, 0.3) is 11.1 Å². The molecule has 4 rings (SSSR count). The van der Waals surface area contributed by atoms with Crippen LogP contribution in [0, 0.1) is 12.3 Å². The van der Waals surface area contributed by atoms with Gasteiger partial charge in [0.05, 0.1) is 30.1 Å². The SMILES string of the molecule is Cc1c(-c2c(C=N)c(NCc3ccccn3)c(=O)n(C)c2C(OC(C)(C)C)C(=O)O)ccc2c1CCCO2. The number of anilines is 1. The number of aromatic nitrogens is 2. The topological polar surface area (TPSA) is 127 Å². The second-order valence-corrected chi connectivity index (χ2v) is 10.3. The maximum absolute atomic E-state index is 13.7. The lowest BCUT2D eigenvalue weighted by atomic mass is 9.87. The summed E-state index contributed by atoms with van der Waals surface area (Å²) in [7, 11) is 1.54. The Bertz CT molecular complexity index is 1420. The van der Waals surface area contributed by atoms with Crippen LogP contribution in [-0.2, 0) is 29.5 Å². The van der Waals surface area contributed by atoms with Crippen LogP contribution in [0.15, 0.2) is 41.3 Å². The fourth-order valence-electron chi connectivity index (χ4n) is 4.87. The van der Waals surface area contributed by atoms with Gasteiger partial charge in [0.25, 0.3) is 5.56 Å². The molecule has 0 radical (unpaired) electrons. The van der Waals surface area contributed by atoms with Gasteiger partial charge in [-0.25, -0.2) is 4.79 Å². The first-order chi connectivity index (χ1) is 18.0. The van der Waals surface area contributed by atoms with Crippen molar-refractivity contribution in [2.45, 2.75) is 58.8 Å². The summed E-state index contributed by atoms with van der Waals surface area (Å²) in [6.07, 6.45) is 3.02. The van der Waals surface area contributed by atoms with E-state index in [1.165, 1.54) is 4.57 Å². The molecule has 200 valence electrons. The van der Waals surface area contributed by atoms with Crippen LogP contribution in [0.3, 0.4) is 0 Å². The van der Waals surface area contributed by atoms with Crippen molar-refractivity contribution in [2.75, 3.05) is 11.9 Å². The van der Waals surface area contributed by atoms with Crippen molar-refractivity contribution in [3.05, 3.63) is 75.0 Å². The molecule has 38 heavy (non-hydrogen) atoms. The van der Waals surface area contributed by atoms with E-state index in [0.717, 1.165) is 47.2 Å². The molecule has 0 bridgehead atoms. The normalized spacial score (nSPS) is 13.8. The molecule has 0 aliphatic carbocycles. The van der Waals surface area contributed by atoms with Crippen LogP contribution in [0.2, 0.25) is 0 Å². The molecular formula is C29H34N4O5. The molecule has 0 saturated heterocycles. The molecule has 3 aromatic rings. The summed E-state index contributed by atoms with van der Waals surface area (Å²) >= 11 is 0. The van der Waals surface area contributed by atoms with E-state index in [1.807, 2.05) is 37.3 Å². The molecular weight excluding hydrogens is 484 g/mol. The molecule has 2 aromatic heterocycles. The van der Waals surface area contributed by atoms with Gasteiger partial charge in [0.15, 0.2) is 6.10 Å². The van der Waals surface area contributed by atoms with Gasteiger partial charge in [-0.2, -0.15) is 0 Å². The summed E-state index contributed by atoms with van der Waals surface area (Å²) in [5, 5.41) is 21.8. The lowest BCUT2D eigenvalue weighted by Gasteiger charge is -2.30. The number of ether oxygens (including phenoxy) is 2. The van der Waals surface area contributed by atoms with Crippen LogP contribution < -0.4 is 15.6 Å². The highest BCUT2D eigenvalue weighted by Crippen LogP contribution is 2.41. The number of fused-ring (bicyclic) bond motifs is 1. The van der Waals surface area contributed by atoms with Gasteiger partial charge in [-0.3, -0.25) is 9.78 Å². The average Bonchev–Trinajstić information content (AvgIpc) is 2.88. The van der Waals surface area contributed by atoms with Crippen LogP contribution in [0.5, 0.6) is 5.75 Å². The smallest absolute Gasteiger partial charge is 0.339 e. The van der Waals surface area contributed by atoms with Crippen molar-refractivity contribution >= 4 is 17.9 Å². The zero-order valence-electron chi connectivity index (χ0n) is 22.4. The Morgan fingerprint density at radius 2 is 2.08 bits per heavy atom. The summed E-state index contributed by atoms with van der Waals surface area (Å²) in [5.74, 6) is -0.422. The van der Waals surface area contributed by atoms with Gasteiger partial charge in [-0.15, -0.1) is 0 Å². The lowest BCUT2D eigenvalue weighted by Crippen LogP contribution is -2.34. The summed E-state index contributed by atoms with van der Waals surface area (Å²) in [4.78, 5) is 30.6. The maximum Gasteiger partial charge on any atom is 0.339 e. The third kappa shape index (κ3) is 5.33. The third-order valence-corrected chi connectivity index (χ3v) is 6.59. The minimum Gasteiger partial charge on any atom is -0.493 e. The molecule has 0 spiro atoms. The van der Waals surface area contributed by atoms with Crippen LogP contribution in [0.4, 0.5) is 5.69 Å². The van der Waals surface area contributed by atoms with Crippen LogP contribution in [-0.4, -0.2) is 39.0 Å². The highest BCUT2D eigenvalue weighted by molar-refractivity contribution is 5.98. The number of pyridine rings is 2. The second-order valence-electron chi connectivity index (χ2n) is 10.3. The van der Waals surface area contributed by atoms with Crippen molar-refractivity contribution in [1.82, 2.24) is 9.55 Å². The lowest BCUT2D eigenvalue weighted by molar-refractivity contribution is -0.161. The van der Waals surface area contributed by atoms with E-state index in [2.05, 4.69) is 10.3 Å². The van der Waals surface area contributed by atoms with Gasteiger partial charge in [0, 0.05) is 30.6 Å². The summed E-state index contributed by atoms with van der Waals surface area (Å²) in [5.41, 5.74) is 3.27. The molecule has 3 N–H and O–H groups in total. The largest absolute Gasteiger partial charge is 0.493 e. The number of rotatable bonds is 8. The molecule has 0 amide bonds. The Balaban J connectivity index is 2.02. The van der Waals surface area contributed by atoms with E-state index in [-0.39, 0.29) is 17.9 Å². The molecule has 9 heteroatoms. The van der Waals surface area contributed by atoms with Gasteiger partial charge in [0.2, 0.25) is 0 Å². The van der Waals surface area contributed by atoms with Gasteiger partial charge >= 0.3 is 5.97 Å². The highest BCUT2D eigenvalue weighted by atomic mass is 16.5. The fraction of sp³-hybridized carbons (Fsp3) is 0.379. The van der Waals surface area contributed by atoms with E-state index in [0.29, 0.717) is 17.7 Å². The van der Waals surface area contributed by atoms with E-state index < -0.39 is 23.2 Å². The summed E-state index contributed by atoms with van der Waals surface area (Å²) < 4.78 is 13.2. The molecule has 9 nitrogen and oxygen atoms in total. The van der Waals surface area contributed by atoms with Crippen molar-refractivity contribution < 1.29 is 19.4 Å². The molecule has 1 aromatic carbocycles. The Morgan fingerprint density at radius 3 is 2.71 bits per heavy atom. The number of carbonyl (C=O) groups is 1. The minimum atomic E-state index is -1.45. The van der Waals surface area contributed by atoms with Crippen molar-refractivity contribution in [1.29, 1.82) is 5.41 Å². The van der Waals surface area contributed by atoms with Crippen molar-refractivity contribution in [3.63, 3.8) is 0 Å². The molecule has 1 atom stereocenters. The number of nitrogens with one attached hydrogen (secondary N) is 2. The zero-order valence-corrected chi connectivity index (χ0v) is 22.4. The van der Waals surface area contributed by atoms with Crippen LogP contribution in [0.1, 0.15) is 61.4 Å².